The fourth-order valence-corrected chi connectivity index (χ4v) is 2.74. The van der Waals surface area contributed by atoms with Gasteiger partial charge in [0.25, 0.3) is 0 Å². The lowest BCUT2D eigenvalue weighted by Gasteiger charge is -2.17. The quantitative estimate of drug-likeness (QED) is 0.784. The highest BCUT2D eigenvalue weighted by atomic mass is 32.1. The zero-order valence-electron chi connectivity index (χ0n) is 12.0. The molecule has 2 rings (SSSR count). The minimum atomic E-state index is -0.320. The van der Waals surface area contributed by atoms with E-state index in [1.807, 2.05) is 17.5 Å². The van der Waals surface area contributed by atoms with Crippen LogP contribution < -0.4 is 5.32 Å². The van der Waals surface area contributed by atoms with E-state index >= 15 is 0 Å². The van der Waals surface area contributed by atoms with Crippen LogP contribution in [0, 0.1) is 5.82 Å². The second-order valence-corrected chi connectivity index (χ2v) is 5.69. The molecule has 1 amide bonds. The van der Waals surface area contributed by atoms with Crippen molar-refractivity contribution in [1.29, 1.82) is 0 Å². The molecule has 6 heteroatoms. The Morgan fingerprint density at radius 1 is 1.32 bits per heavy atom. The van der Waals surface area contributed by atoms with Crippen LogP contribution >= 0.6 is 11.3 Å². The van der Waals surface area contributed by atoms with Crippen molar-refractivity contribution in [2.75, 3.05) is 19.8 Å². The van der Waals surface area contributed by atoms with Gasteiger partial charge in [-0.15, -0.1) is 11.3 Å². The van der Waals surface area contributed by atoms with Crippen LogP contribution in [0.1, 0.15) is 16.5 Å². The summed E-state index contributed by atoms with van der Waals surface area (Å²) in [5, 5.41) is 13.6. The summed E-state index contributed by atoms with van der Waals surface area (Å²) >= 11 is 1.54. The van der Waals surface area contributed by atoms with Crippen molar-refractivity contribution in [2.45, 2.75) is 12.5 Å². The van der Waals surface area contributed by atoms with E-state index in [9.17, 15) is 9.18 Å². The number of nitrogens with one attached hydrogen (secondary N) is 1. The zero-order chi connectivity index (χ0) is 15.8. The highest BCUT2D eigenvalue weighted by Gasteiger charge is 2.14. The van der Waals surface area contributed by atoms with Gasteiger partial charge < -0.3 is 15.2 Å². The van der Waals surface area contributed by atoms with Gasteiger partial charge in [0.2, 0.25) is 5.91 Å². The average molecular weight is 323 g/mol. The zero-order valence-corrected chi connectivity index (χ0v) is 12.8. The van der Waals surface area contributed by atoms with E-state index in [4.69, 9.17) is 9.84 Å². The molecule has 1 aromatic heterocycles. The number of halogens is 1. The number of thiophene rings is 1. The summed E-state index contributed by atoms with van der Waals surface area (Å²) in [4.78, 5) is 12.9. The Balaban J connectivity index is 1.85. The van der Waals surface area contributed by atoms with Crippen LogP contribution in [-0.4, -0.2) is 30.8 Å². The minimum absolute atomic E-state index is 0.0641. The van der Waals surface area contributed by atoms with Gasteiger partial charge in [0.05, 0.1) is 19.6 Å². The van der Waals surface area contributed by atoms with Gasteiger partial charge in [-0.25, -0.2) is 4.39 Å². The van der Waals surface area contributed by atoms with Crippen LogP contribution in [0.3, 0.4) is 0 Å². The first-order chi connectivity index (χ1) is 10.7. The van der Waals surface area contributed by atoms with Gasteiger partial charge in [0.1, 0.15) is 11.9 Å². The molecule has 0 aliphatic rings. The smallest absolute Gasteiger partial charge is 0.224 e. The summed E-state index contributed by atoms with van der Waals surface area (Å²) in [7, 11) is 0. The van der Waals surface area contributed by atoms with Crippen LogP contribution in [0.25, 0.3) is 0 Å². The Hall–Kier alpha value is -1.76. The fourth-order valence-electron chi connectivity index (χ4n) is 1.97. The minimum Gasteiger partial charge on any atom is -0.394 e. The van der Waals surface area contributed by atoms with Crippen LogP contribution in [-0.2, 0) is 16.0 Å². The first-order valence-electron chi connectivity index (χ1n) is 6.96. The van der Waals surface area contributed by atoms with E-state index in [2.05, 4.69) is 5.32 Å². The molecule has 1 heterocycles. The van der Waals surface area contributed by atoms with E-state index in [0.717, 1.165) is 10.4 Å². The molecule has 0 aliphatic carbocycles. The molecular formula is C16H18FNO3S. The van der Waals surface area contributed by atoms with Crippen LogP contribution in [0.15, 0.2) is 41.8 Å². The number of aliphatic hydroxyl groups is 1. The molecule has 1 aromatic carbocycles. The number of carbonyl (C=O) groups is 1. The van der Waals surface area contributed by atoms with E-state index in [-0.39, 0.29) is 37.5 Å². The predicted octanol–water partition coefficient (Wildman–Crippen LogP) is 2.30. The predicted molar refractivity (Wildman–Crippen MR) is 83.2 cm³/mol. The van der Waals surface area contributed by atoms with Gasteiger partial charge in [-0.2, -0.15) is 0 Å². The Morgan fingerprint density at radius 2 is 2.09 bits per heavy atom. The van der Waals surface area contributed by atoms with E-state index in [1.54, 1.807) is 12.1 Å². The van der Waals surface area contributed by atoms with Crippen molar-refractivity contribution in [2.24, 2.45) is 0 Å². The van der Waals surface area contributed by atoms with Crippen molar-refractivity contribution in [3.63, 3.8) is 0 Å². The molecular weight excluding hydrogens is 305 g/mol. The first kappa shape index (κ1) is 16.6. The number of hydrogen-bond donors (Lipinski definition) is 2. The van der Waals surface area contributed by atoms with Crippen molar-refractivity contribution in [3.8, 4) is 0 Å². The molecule has 0 spiro atoms. The summed E-state index contributed by atoms with van der Waals surface area (Å²) in [6, 6.07) is 9.69. The molecule has 0 saturated carbocycles. The summed E-state index contributed by atoms with van der Waals surface area (Å²) in [5.74, 6) is -0.472. The first-order valence-corrected chi connectivity index (χ1v) is 7.84. The SMILES string of the molecule is O=C(Cc1ccc(F)cc1)NC[C@H](OCCO)c1cccs1. The summed E-state index contributed by atoms with van der Waals surface area (Å²) in [6.45, 7) is 0.488. The second-order valence-electron chi connectivity index (χ2n) is 4.71. The van der Waals surface area contributed by atoms with Gasteiger partial charge in [0, 0.05) is 11.4 Å². The lowest BCUT2D eigenvalue weighted by Crippen LogP contribution is -2.30. The monoisotopic (exact) mass is 323 g/mol. The lowest BCUT2D eigenvalue weighted by molar-refractivity contribution is -0.121. The summed E-state index contributed by atoms with van der Waals surface area (Å²) in [5.41, 5.74) is 0.753. The third-order valence-electron chi connectivity index (χ3n) is 3.03. The molecule has 0 aliphatic heterocycles. The molecule has 2 aromatic rings. The Kier molecular flexibility index (Phi) is 6.51. The third kappa shape index (κ3) is 5.22. The maximum Gasteiger partial charge on any atom is 0.224 e. The highest BCUT2D eigenvalue weighted by molar-refractivity contribution is 7.10. The Bertz CT molecular complexity index is 572. The number of rotatable bonds is 8. The maximum atomic E-state index is 12.8. The number of aliphatic hydroxyl groups excluding tert-OH is 1. The molecule has 0 saturated heterocycles. The maximum absolute atomic E-state index is 12.8. The third-order valence-corrected chi connectivity index (χ3v) is 4.00. The van der Waals surface area contributed by atoms with Crippen LogP contribution in [0.4, 0.5) is 4.39 Å². The average Bonchev–Trinajstić information content (AvgIpc) is 3.04. The van der Waals surface area contributed by atoms with Gasteiger partial charge >= 0.3 is 0 Å². The van der Waals surface area contributed by atoms with E-state index in [1.165, 1.54) is 23.5 Å². The molecule has 0 fully saturated rings. The Labute approximate surface area is 132 Å². The van der Waals surface area contributed by atoms with Gasteiger partial charge in [-0.05, 0) is 29.1 Å². The van der Waals surface area contributed by atoms with Gasteiger partial charge in [-0.3, -0.25) is 4.79 Å². The molecule has 1 atom stereocenters. The van der Waals surface area contributed by atoms with Gasteiger partial charge in [-0.1, -0.05) is 18.2 Å². The van der Waals surface area contributed by atoms with Gasteiger partial charge in [0.15, 0.2) is 0 Å². The van der Waals surface area contributed by atoms with Crippen molar-refractivity contribution >= 4 is 17.2 Å². The van der Waals surface area contributed by atoms with Crippen molar-refractivity contribution in [3.05, 3.63) is 58.0 Å². The van der Waals surface area contributed by atoms with Crippen molar-refractivity contribution < 1.29 is 19.0 Å². The molecule has 4 nitrogen and oxygen atoms in total. The number of amides is 1. The molecule has 0 unspecified atom stereocenters. The molecule has 118 valence electrons. The molecule has 0 radical (unpaired) electrons. The Morgan fingerprint density at radius 3 is 2.73 bits per heavy atom. The number of ether oxygens (including phenoxy) is 1. The number of carbonyl (C=O) groups excluding carboxylic acids is 1. The van der Waals surface area contributed by atoms with Crippen LogP contribution in [0.5, 0.6) is 0 Å². The normalized spacial score (nSPS) is 12.1. The fraction of sp³-hybridized carbons (Fsp3) is 0.312. The largest absolute Gasteiger partial charge is 0.394 e. The van der Waals surface area contributed by atoms with E-state index in [0.29, 0.717) is 6.54 Å². The van der Waals surface area contributed by atoms with Crippen molar-refractivity contribution in [1.82, 2.24) is 5.32 Å². The van der Waals surface area contributed by atoms with Crippen LogP contribution in [0.2, 0.25) is 0 Å². The molecule has 0 bridgehead atoms. The summed E-state index contributed by atoms with van der Waals surface area (Å²) < 4.78 is 18.4. The standard InChI is InChI=1S/C16H18FNO3S/c17-13-5-3-12(4-6-13)10-16(20)18-11-14(21-8-7-19)15-2-1-9-22-15/h1-6,9,14,19H,7-8,10-11H2,(H,18,20)/t14-/m0/s1. The number of benzene rings is 1. The summed E-state index contributed by atoms with van der Waals surface area (Å²) in [6.07, 6.45) is -0.0819. The second kappa shape index (κ2) is 8.63. The number of hydrogen-bond acceptors (Lipinski definition) is 4. The molecule has 2 N–H and O–H groups in total. The molecule has 22 heavy (non-hydrogen) atoms. The lowest BCUT2D eigenvalue weighted by atomic mass is 10.1. The highest BCUT2D eigenvalue weighted by Crippen LogP contribution is 2.21. The van der Waals surface area contributed by atoms with E-state index < -0.39 is 0 Å². The topological polar surface area (TPSA) is 58.6 Å².